The van der Waals surface area contributed by atoms with Gasteiger partial charge in [0.25, 0.3) is 10.0 Å². The molecule has 7 heteroatoms. The number of ether oxygens (including phenoxy) is 1. The molecule has 1 aliphatic carbocycles. The second kappa shape index (κ2) is 8.06. The topological polar surface area (TPSA) is 75.7 Å². The average molecular weight is 415 g/mol. The normalized spacial score (nSPS) is 16.7. The predicted octanol–water partition coefficient (Wildman–Crippen LogP) is 3.97. The molecule has 2 aromatic carbocycles. The van der Waals surface area contributed by atoms with E-state index in [-0.39, 0.29) is 16.7 Å². The highest BCUT2D eigenvalue weighted by molar-refractivity contribution is 7.92. The van der Waals surface area contributed by atoms with Gasteiger partial charge in [-0.05, 0) is 74.2 Å². The van der Waals surface area contributed by atoms with Crippen molar-refractivity contribution in [1.82, 2.24) is 0 Å². The van der Waals surface area contributed by atoms with Gasteiger partial charge in [0.15, 0.2) is 0 Å². The van der Waals surface area contributed by atoms with E-state index in [1.807, 2.05) is 24.0 Å². The zero-order valence-electron chi connectivity index (χ0n) is 16.6. The Labute approximate surface area is 171 Å². The Bertz CT molecular complexity index is 996. The monoisotopic (exact) mass is 414 g/mol. The van der Waals surface area contributed by atoms with Crippen LogP contribution in [0.5, 0.6) is 5.75 Å². The Morgan fingerprint density at radius 1 is 1.14 bits per heavy atom. The lowest BCUT2D eigenvalue weighted by Crippen LogP contribution is -2.33. The van der Waals surface area contributed by atoms with Crippen molar-refractivity contribution in [3.05, 3.63) is 48.0 Å². The Hall–Kier alpha value is -2.54. The highest BCUT2D eigenvalue weighted by Gasteiger charge is 2.32. The number of sulfonamides is 1. The molecule has 4 rings (SSSR count). The number of carbonyl (C=O) groups is 1. The van der Waals surface area contributed by atoms with Crippen LogP contribution in [0.15, 0.2) is 47.4 Å². The van der Waals surface area contributed by atoms with Crippen molar-refractivity contribution < 1.29 is 17.9 Å². The number of nitrogens with zero attached hydrogens (tertiary/aromatic N) is 1. The minimum atomic E-state index is -3.69. The molecule has 2 aliphatic rings. The number of anilines is 2. The molecule has 1 heterocycles. The summed E-state index contributed by atoms with van der Waals surface area (Å²) in [5.74, 6) is 0.985. The summed E-state index contributed by atoms with van der Waals surface area (Å²) in [5, 5.41) is 0. The highest BCUT2D eigenvalue weighted by Crippen LogP contribution is 2.35. The maximum absolute atomic E-state index is 12.8. The number of nitrogens with one attached hydrogen (secondary N) is 1. The van der Waals surface area contributed by atoms with E-state index >= 15 is 0 Å². The van der Waals surface area contributed by atoms with Crippen molar-refractivity contribution in [2.45, 2.75) is 43.9 Å². The molecule has 1 saturated carbocycles. The first-order chi connectivity index (χ1) is 14.0. The molecular weight excluding hydrogens is 388 g/mol. The molecule has 6 nitrogen and oxygen atoms in total. The van der Waals surface area contributed by atoms with Gasteiger partial charge in [-0.15, -0.1) is 0 Å². The maximum atomic E-state index is 12.8. The second-order valence-corrected chi connectivity index (χ2v) is 9.26. The molecule has 1 amide bonds. The molecule has 1 N–H and O–H groups in total. The number of carbonyl (C=O) groups excluding carboxylic acids is 1. The molecule has 154 valence electrons. The van der Waals surface area contributed by atoms with Gasteiger partial charge in [0.1, 0.15) is 5.75 Å². The summed E-state index contributed by atoms with van der Waals surface area (Å²) in [4.78, 5) is 14.8. The van der Waals surface area contributed by atoms with E-state index in [1.54, 1.807) is 18.2 Å². The summed E-state index contributed by atoms with van der Waals surface area (Å²) in [5.41, 5.74) is 2.42. The molecule has 0 radical (unpaired) electrons. The molecule has 29 heavy (non-hydrogen) atoms. The lowest BCUT2D eigenvalue weighted by Gasteiger charge is -2.21. The second-order valence-electron chi connectivity index (χ2n) is 7.57. The number of rotatable bonds is 6. The highest BCUT2D eigenvalue weighted by atomic mass is 32.2. The molecule has 0 bridgehead atoms. The van der Waals surface area contributed by atoms with Crippen LogP contribution < -0.4 is 14.4 Å². The van der Waals surface area contributed by atoms with E-state index in [1.165, 1.54) is 12.1 Å². The van der Waals surface area contributed by atoms with Crippen LogP contribution in [0, 0.1) is 5.92 Å². The first kappa shape index (κ1) is 19.8. The van der Waals surface area contributed by atoms with Gasteiger partial charge in [0, 0.05) is 23.8 Å². The molecule has 2 aromatic rings. The van der Waals surface area contributed by atoms with Crippen LogP contribution in [0.2, 0.25) is 0 Å². The largest absolute Gasteiger partial charge is 0.494 e. The van der Waals surface area contributed by atoms with Gasteiger partial charge in [0.2, 0.25) is 5.91 Å². The fraction of sp³-hybridized carbons (Fsp3) is 0.409. The van der Waals surface area contributed by atoms with Crippen molar-refractivity contribution >= 4 is 27.3 Å². The van der Waals surface area contributed by atoms with E-state index in [4.69, 9.17) is 4.74 Å². The number of hydrogen-bond donors (Lipinski definition) is 1. The van der Waals surface area contributed by atoms with Crippen LogP contribution in [0.3, 0.4) is 0 Å². The first-order valence-electron chi connectivity index (χ1n) is 10.2. The van der Waals surface area contributed by atoms with E-state index in [0.29, 0.717) is 24.6 Å². The van der Waals surface area contributed by atoms with Gasteiger partial charge >= 0.3 is 0 Å². The third-order valence-corrected chi connectivity index (χ3v) is 7.04. The van der Waals surface area contributed by atoms with E-state index < -0.39 is 10.0 Å². The average Bonchev–Trinajstić information content (AvgIpc) is 3.38. The summed E-state index contributed by atoms with van der Waals surface area (Å²) >= 11 is 0. The Kier molecular flexibility index (Phi) is 5.50. The van der Waals surface area contributed by atoms with Crippen molar-refractivity contribution in [3.63, 3.8) is 0 Å². The van der Waals surface area contributed by atoms with Gasteiger partial charge in [-0.1, -0.05) is 12.8 Å². The van der Waals surface area contributed by atoms with Gasteiger partial charge in [-0.3, -0.25) is 9.52 Å². The molecule has 0 atom stereocenters. The predicted molar refractivity (Wildman–Crippen MR) is 113 cm³/mol. The van der Waals surface area contributed by atoms with Gasteiger partial charge in [-0.2, -0.15) is 0 Å². The molecule has 1 fully saturated rings. The molecule has 0 unspecified atom stereocenters. The van der Waals surface area contributed by atoms with Gasteiger partial charge < -0.3 is 9.64 Å². The summed E-state index contributed by atoms with van der Waals surface area (Å²) in [6.07, 6.45) is 4.95. The smallest absolute Gasteiger partial charge is 0.261 e. The molecule has 0 saturated heterocycles. The molecule has 0 spiro atoms. The maximum Gasteiger partial charge on any atom is 0.261 e. The summed E-state index contributed by atoms with van der Waals surface area (Å²) in [6, 6.07) is 11.8. The Balaban J connectivity index is 1.50. The van der Waals surface area contributed by atoms with E-state index in [2.05, 4.69) is 4.72 Å². The first-order valence-corrected chi connectivity index (χ1v) is 11.7. The standard InChI is InChI=1S/C22H26N2O4S/c1-2-28-19-8-10-20(11-9-19)29(26,27)23-18-7-12-21-17(15-18)13-14-24(21)22(25)16-5-3-4-6-16/h7-12,15-16,23H,2-6,13-14H2,1H3. The van der Waals surface area contributed by atoms with Crippen molar-refractivity contribution in [3.8, 4) is 5.75 Å². The fourth-order valence-corrected chi connectivity index (χ4v) is 5.23. The molecule has 1 aliphatic heterocycles. The third kappa shape index (κ3) is 4.10. The minimum absolute atomic E-state index is 0.138. The SMILES string of the molecule is CCOc1ccc(S(=O)(=O)Nc2ccc3c(c2)CCN3C(=O)C2CCCC2)cc1. The van der Waals surface area contributed by atoms with Crippen LogP contribution in [0.4, 0.5) is 11.4 Å². The number of amides is 1. The number of fused-ring (bicyclic) bond motifs is 1. The number of hydrogen-bond acceptors (Lipinski definition) is 4. The summed E-state index contributed by atoms with van der Waals surface area (Å²) in [6.45, 7) is 3.07. The lowest BCUT2D eigenvalue weighted by atomic mass is 10.1. The summed E-state index contributed by atoms with van der Waals surface area (Å²) in [7, 11) is -3.69. The van der Waals surface area contributed by atoms with Crippen LogP contribution in [-0.4, -0.2) is 27.5 Å². The van der Waals surface area contributed by atoms with Crippen LogP contribution in [-0.2, 0) is 21.2 Å². The van der Waals surface area contributed by atoms with Gasteiger partial charge in [0.05, 0.1) is 11.5 Å². The zero-order valence-corrected chi connectivity index (χ0v) is 17.4. The van der Waals surface area contributed by atoms with Crippen molar-refractivity contribution in [2.75, 3.05) is 22.8 Å². The van der Waals surface area contributed by atoms with Crippen LogP contribution in [0.25, 0.3) is 0 Å². The Morgan fingerprint density at radius 3 is 2.55 bits per heavy atom. The fourth-order valence-electron chi connectivity index (χ4n) is 4.18. The van der Waals surface area contributed by atoms with Crippen molar-refractivity contribution in [1.29, 1.82) is 0 Å². The molecular formula is C22H26N2O4S. The quantitative estimate of drug-likeness (QED) is 0.776. The minimum Gasteiger partial charge on any atom is -0.494 e. The van der Waals surface area contributed by atoms with E-state index in [0.717, 1.165) is 43.4 Å². The van der Waals surface area contributed by atoms with Crippen molar-refractivity contribution in [2.24, 2.45) is 5.92 Å². The van der Waals surface area contributed by atoms with E-state index in [9.17, 15) is 13.2 Å². The summed E-state index contributed by atoms with van der Waals surface area (Å²) < 4.78 is 33.4. The van der Waals surface area contributed by atoms with Crippen LogP contribution >= 0.6 is 0 Å². The Morgan fingerprint density at radius 2 is 1.86 bits per heavy atom. The zero-order chi connectivity index (χ0) is 20.4. The molecule has 0 aromatic heterocycles. The lowest BCUT2D eigenvalue weighted by molar-refractivity contribution is -0.122. The third-order valence-electron chi connectivity index (χ3n) is 5.64. The van der Waals surface area contributed by atoms with Crippen LogP contribution in [0.1, 0.15) is 38.2 Å². The number of benzene rings is 2. The van der Waals surface area contributed by atoms with Gasteiger partial charge in [-0.25, -0.2) is 8.42 Å².